The number of carbonyl (C=O) groups is 1. The molecule has 2 N–H and O–H groups in total. The van der Waals surface area contributed by atoms with E-state index >= 15 is 0 Å². The molecule has 2 amide bonds. The molecular formula is C17H21N3O3. The molecule has 1 saturated heterocycles. The molecule has 2 atom stereocenters. The quantitative estimate of drug-likeness (QED) is 0.912. The summed E-state index contributed by atoms with van der Waals surface area (Å²) in [7, 11) is 0. The maximum absolute atomic E-state index is 12.2. The number of likely N-dealkylation sites (tertiary alicyclic amines) is 1. The number of β-amino-alcohol motifs (C(OH)–C–C–N with tert-alkyl or cyclic N) is 1. The smallest absolute Gasteiger partial charge is 0.318 e. The molecule has 6 heteroatoms. The van der Waals surface area contributed by atoms with Crippen LogP contribution in [0, 0.1) is 0 Å². The molecule has 6 nitrogen and oxygen atoms in total. The van der Waals surface area contributed by atoms with Crippen LogP contribution in [0.15, 0.2) is 40.9 Å². The maximum Gasteiger partial charge on any atom is 0.318 e. The first-order chi connectivity index (χ1) is 11.1. The summed E-state index contributed by atoms with van der Waals surface area (Å²) in [6.45, 7) is 2.87. The monoisotopic (exact) mass is 315 g/mol. The standard InChI is InChI=1S/C17H21N3O3/c1-12(19-17(22)20-9-5-8-14(21)11-20)16-18-10-15(23-16)13-6-3-2-4-7-13/h2-4,6-7,10,12,14,21H,5,8-9,11H2,1H3,(H,19,22). The normalized spacial score (nSPS) is 19.4. The molecule has 1 aromatic carbocycles. The molecule has 0 spiro atoms. The highest BCUT2D eigenvalue weighted by atomic mass is 16.4. The van der Waals surface area contributed by atoms with Crippen LogP contribution in [0.4, 0.5) is 4.79 Å². The molecule has 0 saturated carbocycles. The average Bonchev–Trinajstić information content (AvgIpc) is 3.06. The van der Waals surface area contributed by atoms with Crippen LogP contribution in [-0.2, 0) is 0 Å². The van der Waals surface area contributed by atoms with Crippen molar-refractivity contribution in [1.82, 2.24) is 15.2 Å². The summed E-state index contributed by atoms with van der Waals surface area (Å²) in [6, 6.07) is 9.17. The minimum atomic E-state index is -0.434. The van der Waals surface area contributed by atoms with Crippen molar-refractivity contribution in [3.63, 3.8) is 0 Å². The molecular weight excluding hydrogens is 294 g/mol. The van der Waals surface area contributed by atoms with Gasteiger partial charge in [-0.25, -0.2) is 9.78 Å². The SMILES string of the molecule is CC(NC(=O)N1CCCC(O)C1)c1ncc(-c2ccccc2)o1. The number of carbonyl (C=O) groups excluding carboxylic acids is 1. The first kappa shape index (κ1) is 15.6. The number of nitrogens with one attached hydrogen (secondary N) is 1. The van der Waals surface area contributed by atoms with E-state index < -0.39 is 6.10 Å². The van der Waals surface area contributed by atoms with Gasteiger partial charge in [0, 0.05) is 18.7 Å². The molecule has 1 aromatic heterocycles. The van der Waals surface area contributed by atoms with E-state index in [0.29, 0.717) is 24.7 Å². The van der Waals surface area contributed by atoms with Gasteiger partial charge in [-0.2, -0.15) is 0 Å². The van der Waals surface area contributed by atoms with E-state index in [1.165, 1.54) is 0 Å². The second-order valence-electron chi connectivity index (χ2n) is 5.84. The van der Waals surface area contributed by atoms with Gasteiger partial charge in [-0.1, -0.05) is 30.3 Å². The van der Waals surface area contributed by atoms with Crippen LogP contribution in [0.2, 0.25) is 0 Å². The Morgan fingerprint density at radius 1 is 1.43 bits per heavy atom. The second-order valence-corrected chi connectivity index (χ2v) is 5.84. The van der Waals surface area contributed by atoms with Gasteiger partial charge in [-0.05, 0) is 19.8 Å². The summed E-state index contributed by atoms with van der Waals surface area (Å²) in [5, 5.41) is 12.5. The number of urea groups is 1. The highest BCUT2D eigenvalue weighted by Crippen LogP contribution is 2.23. The molecule has 0 aliphatic carbocycles. The number of oxazole rings is 1. The zero-order valence-electron chi connectivity index (χ0n) is 13.1. The number of aliphatic hydroxyl groups is 1. The lowest BCUT2D eigenvalue weighted by atomic mass is 10.1. The Kier molecular flexibility index (Phi) is 4.62. The van der Waals surface area contributed by atoms with Crippen LogP contribution < -0.4 is 5.32 Å². The molecule has 1 aliphatic rings. The largest absolute Gasteiger partial charge is 0.438 e. The van der Waals surface area contributed by atoms with Crippen molar-refractivity contribution in [3.8, 4) is 11.3 Å². The summed E-state index contributed by atoms with van der Waals surface area (Å²) in [5.74, 6) is 1.14. The van der Waals surface area contributed by atoms with Crippen LogP contribution in [0.1, 0.15) is 31.7 Å². The van der Waals surface area contributed by atoms with Gasteiger partial charge in [0.2, 0.25) is 5.89 Å². The highest BCUT2D eigenvalue weighted by Gasteiger charge is 2.24. The molecule has 1 fully saturated rings. The minimum Gasteiger partial charge on any atom is -0.438 e. The van der Waals surface area contributed by atoms with Crippen molar-refractivity contribution in [2.24, 2.45) is 0 Å². The summed E-state index contributed by atoms with van der Waals surface area (Å²) in [4.78, 5) is 18.1. The van der Waals surface area contributed by atoms with Crippen LogP contribution in [0.25, 0.3) is 11.3 Å². The van der Waals surface area contributed by atoms with Crippen molar-refractivity contribution in [1.29, 1.82) is 0 Å². The van der Waals surface area contributed by atoms with Crippen molar-refractivity contribution < 1.29 is 14.3 Å². The van der Waals surface area contributed by atoms with Gasteiger partial charge >= 0.3 is 6.03 Å². The van der Waals surface area contributed by atoms with Crippen molar-refractivity contribution >= 4 is 6.03 Å². The first-order valence-electron chi connectivity index (χ1n) is 7.88. The van der Waals surface area contributed by atoms with E-state index in [-0.39, 0.29) is 12.1 Å². The number of rotatable bonds is 3. The summed E-state index contributed by atoms with van der Waals surface area (Å²) in [5.41, 5.74) is 0.948. The molecule has 0 radical (unpaired) electrons. The van der Waals surface area contributed by atoms with Gasteiger partial charge in [0.05, 0.1) is 12.3 Å². The molecule has 122 valence electrons. The van der Waals surface area contributed by atoms with Crippen molar-refractivity contribution in [2.75, 3.05) is 13.1 Å². The number of hydrogen-bond donors (Lipinski definition) is 2. The Labute approximate surface area is 135 Å². The third-order valence-corrected chi connectivity index (χ3v) is 3.98. The number of nitrogens with zero attached hydrogens (tertiary/aromatic N) is 2. The number of piperidine rings is 1. The Balaban J connectivity index is 1.63. The van der Waals surface area contributed by atoms with Gasteiger partial charge in [0.25, 0.3) is 0 Å². The fourth-order valence-electron chi connectivity index (χ4n) is 2.70. The zero-order chi connectivity index (χ0) is 16.2. The fourth-order valence-corrected chi connectivity index (χ4v) is 2.70. The molecule has 2 unspecified atom stereocenters. The molecule has 3 rings (SSSR count). The van der Waals surface area contributed by atoms with Gasteiger partial charge < -0.3 is 19.7 Å². The molecule has 0 bridgehead atoms. The number of amides is 2. The molecule has 23 heavy (non-hydrogen) atoms. The first-order valence-corrected chi connectivity index (χ1v) is 7.88. The van der Waals surface area contributed by atoms with E-state index in [2.05, 4.69) is 10.3 Å². The molecule has 1 aliphatic heterocycles. The van der Waals surface area contributed by atoms with Gasteiger partial charge in [0.1, 0.15) is 6.04 Å². The Bertz CT molecular complexity index is 656. The fraction of sp³-hybridized carbons (Fsp3) is 0.412. The summed E-state index contributed by atoms with van der Waals surface area (Å²) in [6.07, 6.45) is 2.80. The second kappa shape index (κ2) is 6.83. The molecule has 2 heterocycles. The average molecular weight is 315 g/mol. The van der Waals surface area contributed by atoms with E-state index in [9.17, 15) is 9.90 Å². The van der Waals surface area contributed by atoms with E-state index in [0.717, 1.165) is 18.4 Å². The van der Waals surface area contributed by atoms with Gasteiger partial charge in [-0.3, -0.25) is 0 Å². The lowest BCUT2D eigenvalue weighted by Gasteiger charge is -2.30. The Morgan fingerprint density at radius 2 is 2.22 bits per heavy atom. The van der Waals surface area contributed by atoms with Crippen LogP contribution in [-0.4, -0.2) is 40.2 Å². The zero-order valence-corrected chi connectivity index (χ0v) is 13.1. The molecule has 2 aromatic rings. The third kappa shape index (κ3) is 3.71. The Morgan fingerprint density at radius 3 is 2.96 bits per heavy atom. The summed E-state index contributed by atoms with van der Waals surface area (Å²) >= 11 is 0. The number of aliphatic hydroxyl groups excluding tert-OH is 1. The third-order valence-electron chi connectivity index (χ3n) is 3.98. The number of benzene rings is 1. The van der Waals surface area contributed by atoms with E-state index in [1.807, 2.05) is 37.3 Å². The topological polar surface area (TPSA) is 78.6 Å². The summed E-state index contributed by atoms with van der Waals surface area (Å²) < 4.78 is 5.75. The van der Waals surface area contributed by atoms with Crippen molar-refractivity contribution in [3.05, 3.63) is 42.4 Å². The highest BCUT2D eigenvalue weighted by molar-refractivity contribution is 5.74. The van der Waals surface area contributed by atoms with Crippen LogP contribution >= 0.6 is 0 Å². The number of hydrogen-bond acceptors (Lipinski definition) is 4. The van der Waals surface area contributed by atoms with Gasteiger partial charge in [-0.15, -0.1) is 0 Å². The van der Waals surface area contributed by atoms with E-state index in [1.54, 1.807) is 11.1 Å². The van der Waals surface area contributed by atoms with Crippen LogP contribution in [0.3, 0.4) is 0 Å². The number of aromatic nitrogens is 1. The van der Waals surface area contributed by atoms with E-state index in [4.69, 9.17) is 4.42 Å². The lowest BCUT2D eigenvalue weighted by Crippen LogP contribution is -2.47. The maximum atomic E-state index is 12.2. The lowest BCUT2D eigenvalue weighted by molar-refractivity contribution is 0.0832. The predicted octanol–water partition coefficient (Wildman–Crippen LogP) is 2.57. The van der Waals surface area contributed by atoms with Crippen LogP contribution in [0.5, 0.6) is 0 Å². The van der Waals surface area contributed by atoms with Gasteiger partial charge in [0.15, 0.2) is 5.76 Å². The minimum absolute atomic E-state index is 0.198. The Hall–Kier alpha value is -2.34. The predicted molar refractivity (Wildman–Crippen MR) is 85.7 cm³/mol. The van der Waals surface area contributed by atoms with Crippen molar-refractivity contribution in [2.45, 2.75) is 31.9 Å².